The molecule has 2 heterocycles. The second kappa shape index (κ2) is 4.49. The van der Waals surface area contributed by atoms with Gasteiger partial charge in [0.15, 0.2) is 0 Å². The average Bonchev–Trinajstić information content (AvgIpc) is 3.15. The van der Waals surface area contributed by atoms with Crippen molar-refractivity contribution in [1.82, 2.24) is 10.2 Å². The highest BCUT2D eigenvalue weighted by atomic mass is 35.5. The van der Waals surface area contributed by atoms with Crippen molar-refractivity contribution in [2.24, 2.45) is 5.92 Å². The van der Waals surface area contributed by atoms with E-state index in [-0.39, 0.29) is 24.3 Å². The van der Waals surface area contributed by atoms with Gasteiger partial charge in [-0.3, -0.25) is 9.59 Å². The molecule has 1 saturated carbocycles. The molecule has 1 aromatic rings. The quantitative estimate of drug-likeness (QED) is 0.928. The molecule has 0 spiro atoms. The van der Waals surface area contributed by atoms with E-state index in [0.717, 1.165) is 17.7 Å². The summed E-state index contributed by atoms with van der Waals surface area (Å²) in [6.45, 7) is 2.45. The van der Waals surface area contributed by atoms with E-state index in [1.54, 1.807) is 4.90 Å². The molecule has 1 aromatic heterocycles. The van der Waals surface area contributed by atoms with E-state index in [1.165, 1.54) is 11.3 Å². The average molecular weight is 299 g/mol. The molecular formula is C13H15ClN2O2S. The Balaban J connectivity index is 1.90. The Labute approximate surface area is 120 Å². The lowest BCUT2D eigenvalue weighted by Crippen LogP contribution is -2.66. The SMILES string of the molecule is CC1(C2CC2)C(=O)NCC(=O)N1Cc1ccc(Cl)s1. The second-order valence-corrected chi connectivity index (χ2v) is 7.09. The van der Waals surface area contributed by atoms with E-state index in [4.69, 9.17) is 11.6 Å². The maximum absolute atomic E-state index is 12.2. The molecule has 1 aliphatic heterocycles. The van der Waals surface area contributed by atoms with Crippen molar-refractivity contribution >= 4 is 34.8 Å². The number of hydrogen-bond acceptors (Lipinski definition) is 3. The van der Waals surface area contributed by atoms with Crippen LogP contribution in [0.15, 0.2) is 12.1 Å². The lowest BCUT2D eigenvalue weighted by molar-refractivity contribution is -0.155. The van der Waals surface area contributed by atoms with Crippen LogP contribution in [0, 0.1) is 5.92 Å². The van der Waals surface area contributed by atoms with Crippen LogP contribution in [0.2, 0.25) is 4.34 Å². The lowest BCUT2D eigenvalue weighted by Gasteiger charge is -2.43. The second-order valence-electron chi connectivity index (χ2n) is 5.29. The first-order chi connectivity index (χ1) is 9.01. The fourth-order valence-corrected chi connectivity index (χ4v) is 3.78. The third-order valence-corrected chi connectivity index (χ3v) is 5.25. The van der Waals surface area contributed by atoms with Crippen LogP contribution >= 0.6 is 22.9 Å². The van der Waals surface area contributed by atoms with Gasteiger partial charge in [-0.15, -0.1) is 11.3 Å². The van der Waals surface area contributed by atoms with E-state index in [9.17, 15) is 9.59 Å². The number of hydrogen-bond donors (Lipinski definition) is 1. The summed E-state index contributed by atoms with van der Waals surface area (Å²) in [4.78, 5) is 27.1. The number of halogens is 1. The Morgan fingerprint density at radius 2 is 2.21 bits per heavy atom. The van der Waals surface area contributed by atoms with Crippen molar-refractivity contribution in [3.63, 3.8) is 0 Å². The molecule has 1 unspecified atom stereocenters. The van der Waals surface area contributed by atoms with Gasteiger partial charge in [-0.25, -0.2) is 0 Å². The number of nitrogens with one attached hydrogen (secondary N) is 1. The minimum absolute atomic E-state index is 0.0153. The monoisotopic (exact) mass is 298 g/mol. The van der Waals surface area contributed by atoms with Gasteiger partial charge in [0.2, 0.25) is 11.8 Å². The minimum Gasteiger partial charge on any atom is -0.345 e. The van der Waals surface area contributed by atoms with Gasteiger partial charge in [-0.1, -0.05) is 11.6 Å². The molecule has 1 saturated heterocycles. The van der Waals surface area contributed by atoms with E-state index < -0.39 is 5.54 Å². The van der Waals surface area contributed by atoms with Crippen molar-refractivity contribution in [2.75, 3.05) is 6.54 Å². The summed E-state index contributed by atoms with van der Waals surface area (Å²) in [6.07, 6.45) is 2.03. The first-order valence-electron chi connectivity index (χ1n) is 6.35. The van der Waals surface area contributed by atoms with Crippen molar-refractivity contribution in [2.45, 2.75) is 31.8 Å². The van der Waals surface area contributed by atoms with E-state index in [1.807, 2.05) is 19.1 Å². The fourth-order valence-electron chi connectivity index (χ4n) is 2.71. The number of amides is 2. The maximum atomic E-state index is 12.2. The first kappa shape index (κ1) is 12.9. The zero-order chi connectivity index (χ0) is 13.6. The number of rotatable bonds is 3. The predicted octanol–water partition coefficient (Wildman–Crippen LogP) is 2.03. The molecular weight excluding hydrogens is 284 g/mol. The number of carbonyl (C=O) groups excluding carboxylic acids is 2. The van der Waals surface area contributed by atoms with Crippen LogP contribution in [-0.4, -0.2) is 28.8 Å². The zero-order valence-electron chi connectivity index (χ0n) is 10.6. The summed E-state index contributed by atoms with van der Waals surface area (Å²) >= 11 is 7.38. The van der Waals surface area contributed by atoms with Gasteiger partial charge in [0, 0.05) is 4.88 Å². The van der Waals surface area contributed by atoms with E-state index in [2.05, 4.69) is 5.32 Å². The van der Waals surface area contributed by atoms with Gasteiger partial charge in [0.1, 0.15) is 5.54 Å². The van der Waals surface area contributed by atoms with Crippen LogP contribution in [0.5, 0.6) is 0 Å². The molecule has 2 amide bonds. The molecule has 2 fully saturated rings. The van der Waals surface area contributed by atoms with Crippen LogP contribution in [0.25, 0.3) is 0 Å². The fraction of sp³-hybridized carbons (Fsp3) is 0.538. The summed E-state index contributed by atoms with van der Waals surface area (Å²) in [5.74, 6) is 0.239. The normalized spacial score (nSPS) is 27.6. The first-order valence-corrected chi connectivity index (χ1v) is 7.54. The summed E-state index contributed by atoms with van der Waals surface area (Å²) in [5, 5.41) is 2.71. The summed E-state index contributed by atoms with van der Waals surface area (Å²) in [6, 6.07) is 3.74. The summed E-state index contributed by atoms with van der Waals surface area (Å²) in [5.41, 5.74) is -0.703. The van der Waals surface area contributed by atoms with Gasteiger partial charge in [-0.05, 0) is 37.8 Å². The molecule has 4 nitrogen and oxygen atoms in total. The van der Waals surface area contributed by atoms with Crippen LogP contribution in [0.1, 0.15) is 24.6 Å². The Morgan fingerprint density at radius 3 is 2.79 bits per heavy atom. The summed E-state index contributed by atoms with van der Waals surface area (Å²) < 4.78 is 0.706. The molecule has 2 aliphatic rings. The highest BCUT2D eigenvalue weighted by molar-refractivity contribution is 7.16. The van der Waals surface area contributed by atoms with Gasteiger partial charge in [0.25, 0.3) is 0 Å². The molecule has 1 N–H and O–H groups in total. The van der Waals surface area contributed by atoms with Crippen molar-refractivity contribution < 1.29 is 9.59 Å². The number of nitrogens with zero attached hydrogens (tertiary/aromatic N) is 1. The van der Waals surface area contributed by atoms with Crippen LogP contribution in [-0.2, 0) is 16.1 Å². The topological polar surface area (TPSA) is 49.4 Å². The largest absolute Gasteiger partial charge is 0.345 e. The molecule has 19 heavy (non-hydrogen) atoms. The van der Waals surface area contributed by atoms with Gasteiger partial charge in [0.05, 0.1) is 17.4 Å². The predicted molar refractivity (Wildman–Crippen MR) is 74.0 cm³/mol. The molecule has 6 heteroatoms. The summed E-state index contributed by atoms with van der Waals surface area (Å²) in [7, 11) is 0. The number of carbonyl (C=O) groups is 2. The molecule has 1 atom stereocenters. The molecule has 0 radical (unpaired) electrons. The molecule has 1 aliphatic carbocycles. The van der Waals surface area contributed by atoms with Crippen molar-refractivity contribution in [1.29, 1.82) is 0 Å². The lowest BCUT2D eigenvalue weighted by atomic mass is 9.90. The molecule has 0 aromatic carbocycles. The Kier molecular flexibility index (Phi) is 3.06. The Bertz CT molecular complexity index is 541. The van der Waals surface area contributed by atoms with Gasteiger partial charge < -0.3 is 10.2 Å². The Morgan fingerprint density at radius 1 is 1.47 bits per heavy atom. The number of thiophene rings is 1. The molecule has 102 valence electrons. The Hall–Kier alpha value is -1.07. The van der Waals surface area contributed by atoms with Crippen LogP contribution in [0.3, 0.4) is 0 Å². The molecule has 0 bridgehead atoms. The van der Waals surface area contributed by atoms with Gasteiger partial charge >= 0.3 is 0 Å². The van der Waals surface area contributed by atoms with Crippen LogP contribution in [0.4, 0.5) is 0 Å². The molecule has 3 rings (SSSR count). The zero-order valence-corrected chi connectivity index (χ0v) is 12.2. The highest BCUT2D eigenvalue weighted by Crippen LogP contribution is 2.45. The van der Waals surface area contributed by atoms with Crippen molar-refractivity contribution in [3.8, 4) is 0 Å². The van der Waals surface area contributed by atoms with E-state index in [0.29, 0.717) is 10.9 Å². The maximum Gasteiger partial charge on any atom is 0.246 e. The highest BCUT2D eigenvalue weighted by Gasteiger charge is 2.54. The third kappa shape index (κ3) is 2.15. The van der Waals surface area contributed by atoms with E-state index >= 15 is 0 Å². The van der Waals surface area contributed by atoms with Gasteiger partial charge in [-0.2, -0.15) is 0 Å². The smallest absolute Gasteiger partial charge is 0.246 e. The number of piperazine rings is 1. The van der Waals surface area contributed by atoms with Crippen LogP contribution < -0.4 is 5.32 Å². The standard InChI is InChI=1S/C13H15ClN2O2S/c1-13(8-2-3-8)12(18)15-6-11(17)16(13)7-9-4-5-10(14)19-9/h4-5,8H,2-3,6-7H2,1H3,(H,15,18). The minimum atomic E-state index is -0.703. The van der Waals surface area contributed by atoms with Crippen molar-refractivity contribution in [3.05, 3.63) is 21.3 Å². The third-order valence-electron chi connectivity index (χ3n) is 4.04.